The number of hydrogen-bond donors (Lipinski definition) is 0. The van der Waals surface area contributed by atoms with Gasteiger partial charge >= 0.3 is 17.9 Å². The highest BCUT2D eigenvalue weighted by atomic mass is 16.6. The van der Waals surface area contributed by atoms with Crippen molar-refractivity contribution in [2.75, 3.05) is 13.2 Å². The lowest BCUT2D eigenvalue weighted by Gasteiger charge is -2.18. The lowest BCUT2D eigenvalue weighted by atomic mass is 10.0. The fraction of sp³-hybridized carbons (Fsp3) is 0.854. The Balaban J connectivity index is 4.35. The Bertz CT molecular complexity index is 880. The molecule has 6 heteroatoms. The van der Waals surface area contributed by atoms with Gasteiger partial charge in [-0.15, -0.1) is 0 Å². The van der Waals surface area contributed by atoms with Crippen LogP contribution < -0.4 is 0 Å². The fourth-order valence-electron chi connectivity index (χ4n) is 6.58. The van der Waals surface area contributed by atoms with Crippen molar-refractivity contribution in [2.24, 2.45) is 0 Å². The normalized spacial score (nSPS) is 12.1. The second kappa shape index (κ2) is 43.6. The first kappa shape index (κ1) is 51.9. The third-order valence-corrected chi connectivity index (χ3v) is 10.2. The maximum Gasteiger partial charge on any atom is 0.306 e. The summed E-state index contributed by atoms with van der Waals surface area (Å²) < 4.78 is 16.7. The molecule has 0 heterocycles. The first-order valence-corrected chi connectivity index (χ1v) is 23.3. The van der Waals surface area contributed by atoms with Gasteiger partial charge in [0.1, 0.15) is 13.2 Å². The van der Waals surface area contributed by atoms with Crippen LogP contribution in [0.15, 0.2) is 24.3 Å². The Labute approximate surface area is 334 Å². The summed E-state index contributed by atoms with van der Waals surface area (Å²) in [6, 6.07) is 0. The molecule has 54 heavy (non-hydrogen) atoms. The summed E-state index contributed by atoms with van der Waals surface area (Å²) in [4.78, 5) is 37.7. The average Bonchev–Trinajstić information content (AvgIpc) is 3.17. The van der Waals surface area contributed by atoms with Gasteiger partial charge in [0.05, 0.1) is 0 Å². The molecular weight excluding hydrogens is 673 g/mol. The number of carbonyl (C=O) groups excluding carboxylic acids is 3. The molecule has 0 aromatic rings. The molecule has 0 aliphatic heterocycles. The summed E-state index contributed by atoms with van der Waals surface area (Å²) in [5.41, 5.74) is 0. The maximum absolute atomic E-state index is 12.7. The number of rotatable bonds is 42. The van der Waals surface area contributed by atoms with E-state index in [9.17, 15) is 14.4 Å². The molecule has 6 nitrogen and oxygen atoms in total. The number of allylic oxidation sites excluding steroid dienone is 4. The summed E-state index contributed by atoms with van der Waals surface area (Å²) in [6.07, 6.45) is 47.3. The van der Waals surface area contributed by atoms with Crippen LogP contribution in [0.3, 0.4) is 0 Å². The molecule has 1 atom stereocenters. The predicted octanol–water partition coefficient (Wildman–Crippen LogP) is 14.8. The van der Waals surface area contributed by atoms with E-state index < -0.39 is 6.10 Å². The van der Waals surface area contributed by atoms with E-state index in [4.69, 9.17) is 14.2 Å². The van der Waals surface area contributed by atoms with Gasteiger partial charge in [0, 0.05) is 19.3 Å². The first-order valence-electron chi connectivity index (χ1n) is 23.3. The van der Waals surface area contributed by atoms with Crippen molar-refractivity contribution in [3.63, 3.8) is 0 Å². The fourth-order valence-corrected chi connectivity index (χ4v) is 6.58. The molecule has 0 aliphatic carbocycles. The predicted molar refractivity (Wildman–Crippen MR) is 229 cm³/mol. The van der Waals surface area contributed by atoms with Crippen LogP contribution in [0.2, 0.25) is 0 Å². The van der Waals surface area contributed by atoms with Crippen molar-refractivity contribution in [3.05, 3.63) is 24.3 Å². The largest absolute Gasteiger partial charge is 0.462 e. The Kier molecular flexibility index (Phi) is 41.9. The minimum absolute atomic E-state index is 0.0743. The van der Waals surface area contributed by atoms with Crippen LogP contribution in [0, 0.1) is 0 Å². The van der Waals surface area contributed by atoms with Gasteiger partial charge < -0.3 is 14.2 Å². The third-order valence-electron chi connectivity index (χ3n) is 10.2. The number of hydrogen-bond acceptors (Lipinski definition) is 6. The first-order chi connectivity index (χ1) is 26.5. The van der Waals surface area contributed by atoms with Crippen LogP contribution in [0.4, 0.5) is 0 Å². The Morgan fingerprint density at radius 1 is 0.352 bits per heavy atom. The Hall–Kier alpha value is -2.11. The molecule has 0 N–H and O–H groups in total. The zero-order valence-electron chi connectivity index (χ0n) is 36.0. The maximum atomic E-state index is 12.7. The second-order valence-electron chi connectivity index (χ2n) is 15.7. The number of unbranched alkanes of at least 4 members (excludes halogenated alkanes) is 27. The molecule has 0 bridgehead atoms. The zero-order valence-corrected chi connectivity index (χ0v) is 36.0. The van der Waals surface area contributed by atoms with E-state index in [1.165, 1.54) is 128 Å². The van der Waals surface area contributed by atoms with Gasteiger partial charge in [-0.25, -0.2) is 0 Å². The molecule has 0 aromatic carbocycles. The van der Waals surface area contributed by atoms with E-state index in [1.54, 1.807) is 0 Å². The van der Waals surface area contributed by atoms with E-state index in [0.29, 0.717) is 19.3 Å². The minimum Gasteiger partial charge on any atom is -0.462 e. The summed E-state index contributed by atoms with van der Waals surface area (Å²) >= 11 is 0. The molecule has 0 saturated carbocycles. The van der Waals surface area contributed by atoms with Gasteiger partial charge in [0.15, 0.2) is 6.10 Å². The minimum atomic E-state index is -0.772. The molecule has 316 valence electrons. The van der Waals surface area contributed by atoms with Crippen molar-refractivity contribution in [2.45, 2.75) is 252 Å². The molecule has 0 rings (SSSR count). The molecule has 0 aromatic heterocycles. The lowest BCUT2D eigenvalue weighted by Crippen LogP contribution is -2.30. The SMILES string of the molecule is CCCC/C=C\CCCCCCCC(=O)OCC(COC(=O)CCCCCCCCCCCCCCCC)OC(=O)CCCCCCC/C=C\CCCC. The summed E-state index contributed by atoms with van der Waals surface area (Å²) in [5.74, 6) is -0.889. The van der Waals surface area contributed by atoms with Crippen molar-refractivity contribution >= 4 is 17.9 Å². The topological polar surface area (TPSA) is 78.9 Å². The molecule has 0 saturated heterocycles. The van der Waals surface area contributed by atoms with Gasteiger partial charge in [0.25, 0.3) is 0 Å². The van der Waals surface area contributed by atoms with Gasteiger partial charge in [-0.1, -0.05) is 193 Å². The number of carbonyl (C=O) groups is 3. The number of ether oxygens (including phenoxy) is 3. The summed E-state index contributed by atoms with van der Waals surface area (Å²) in [7, 11) is 0. The lowest BCUT2D eigenvalue weighted by molar-refractivity contribution is -0.167. The number of esters is 3. The van der Waals surface area contributed by atoms with E-state index in [-0.39, 0.29) is 31.1 Å². The molecule has 1 unspecified atom stereocenters. The van der Waals surface area contributed by atoms with Crippen molar-refractivity contribution < 1.29 is 28.6 Å². The third kappa shape index (κ3) is 41.1. The summed E-state index contributed by atoms with van der Waals surface area (Å²) in [6.45, 7) is 6.55. The van der Waals surface area contributed by atoms with Gasteiger partial charge in [0.2, 0.25) is 0 Å². The van der Waals surface area contributed by atoms with Crippen LogP contribution >= 0.6 is 0 Å². The van der Waals surface area contributed by atoms with E-state index >= 15 is 0 Å². The highest BCUT2D eigenvalue weighted by Gasteiger charge is 2.19. The monoisotopic (exact) mass is 761 g/mol. The van der Waals surface area contributed by atoms with E-state index in [2.05, 4.69) is 45.1 Å². The smallest absolute Gasteiger partial charge is 0.306 e. The van der Waals surface area contributed by atoms with E-state index in [1.807, 2.05) is 0 Å². The van der Waals surface area contributed by atoms with Crippen LogP contribution in [0.5, 0.6) is 0 Å². The molecule has 0 amide bonds. The van der Waals surface area contributed by atoms with Crippen molar-refractivity contribution in [1.82, 2.24) is 0 Å². The molecule has 0 fully saturated rings. The molecule has 0 spiro atoms. The van der Waals surface area contributed by atoms with Gasteiger partial charge in [-0.2, -0.15) is 0 Å². The van der Waals surface area contributed by atoms with Gasteiger partial charge in [-0.05, 0) is 57.8 Å². The molecule has 0 aliphatic rings. The second-order valence-corrected chi connectivity index (χ2v) is 15.7. The molecular formula is C48H88O6. The quantitative estimate of drug-likeness (QED) is 0.0267. The Morgan fingerprint density at radius 3 is 0.981 bits per heavy atom. The Morgan fingerprint density at radius 2 is 0.630 bits per heavy atom. The van der Waals surface area contributed by atoms with Crippen LogP contribution in [0.1, 0.15) is 245 Å². The highest BCUT2D eigenvalue weighted by Crippen LogP contribution is 2.15. The highest BCUT2D eigenvalue weighted by molar-refractivity contribution is 5.71. The van der Waals surface area contributed by atoms with Crippen molar-refractivity contribution in [3.8, 4) is 0 Å². The van der Waals surface area contributed by atoms with E-state index in [0.717, 1.165) is 77.0 Å². The van der Waals surface area contributed by atoms with Crippen LogP contribution in [0.25, 0.3) is 0 Å². The van der Waals surface area contributed by atoms with Crippen LogP contribution in [-0.4, -0.2) is 37.2 Å². The van der Waals surface area contributed by atoms with Crippen LogP contribution in [-0.2, 0) is 28.6 Å². The average molecular weight is 761 g/mol. The van der Waals surface area contributed by atoms with Gasteiger partial charge in [-0.3, -0.25) is 14.4 Å². The molecule has 0 radical (unpaired) electrons. The summed E-state index contributed by atoms with van der Waals surface area (Å²) in [5, 5.41) is 0. The standard InChI is InChI=1S/C48H88O6/c1-4-7-10-13-16-19-22-23-24-27-29-32-35-38-41-47(50)53-44-45(54-48(51)42-39-36-33-30-26-21-18-15-12-9-6-3)43-52-46(49)40-37-34-31-28-25-20-17-14-11-8-5-2/h14-15,17-18,45H,4-13,16,19-44H2,1-3H3/b17-14-,18-15-. The van der Waals surface area contributed by atoms with Crippen molar-refractivity contribution in [1.29, 1.82) is 0 Å². The zero-order chi connectivity index (χ0) is 39.4.